The number of benzene rings is 1. The van der Waals surface area contributed by atoms with Crippen molar-refractivity contribution in [1.29, 1.82) is 0 Å². The summed E-state index contributed by atoms with van der Waals surface area (Å²) < 4.78 is 0. The summed E-state index contributed by atoms with van der Waals surface area (Å²) in [7, 11) is 0. The highest BCUT2D eigenvalue weighted by molar-refractivity contribution is 6.30. The zero-order valence-electron chi connectivity index (χ0n) is 8.61. The minimum Gasteiger partial charge on any atom is -0.261 e. The maximum Gasteiger partial charge on any atom is 0.0640 e. The standard InChI is InChI=1S/C13H11Cl2N/c14-11-6-4-10(5-7-11)13(15)9-12-3-1-2-8-16-12/h1-8,13H,9H2. The Balaban J connectivity index is 2.09. The van der Waals surface area contributed by atoms with E-state index >= 15 is 0 Å². The van der Waals surface area contributed by atoms with Crippen LogP contribution in [0.4, 0.5) is 0 Å². The predicted octanol–water partition coefficient (Wildman–Crippen LogP) is 4.26. The van der Waals surface area contributed by atoms with Gasteiger partial charge in [-0.05, 0) is 29.8 Å². The second-order valence-corrected chi connectivity index (χ2v) is 4.51. The highest BCUT2D eigenvalue weighted by atomic mass is 35.5. The lowest BCUT2D eigenvalue weighted by atomic mass is 10.1. The Hall–Kier alpha value is -1.05. The third-order valence-corrected chi connectivity index (χ3v) is 3.00. The molecule has 1 unspecified atom stereocenters. The molecule has 0 aliphatic rings. The van der Waals surface area contributed by atoms with E-state index in [1.807, 2.05) is 42.5 Å². The van der Waals surface area contributed by atoms with Gasteiger partial charge in [0.25, 0.3) is 0 Å². The summed E-state index contributed by atoms with van der Waals surface area (Å²) in [5, 5.41) is 0.664. The topological polar surface area (TPSA) is 12.9 Å². The zero-order valence-corrected chi connectivity index (χ0v) is 10.1. The summed E-state index contributed by atoms with van der Waals surface area (Å²) in [6.45, 7) is 0. The third-order valence-electron chi connectivity index (χ3n) is 2.35. The quantitative estimate of drug-likeness (QED) is 0.744. The van der Waals surface area contributed by atoms with E-state index in [2.05, 4.69) is 4.98 Å². The van der Waals surface area contributed by atoms with E-state index in [-0.39, 0.29) is 5.38 Å². The lowest BCUT2D eigenvalue weighted by Gasteiger charge is -2.09. The van der Waals surface area contributed by atoms with Crippen molar-refractivity contribution < 1.29 is 0 Å². The van der Waals surface area contributed by atoms with Crippen molar-refractivity contribution in [2.24, 2.45) is 0 Å². The van der Waals surface area contributed by atoms with Gasteiger partial charge in [-0.1, -0.05) is 29.8 Å². The minimum absolute atomic E-state index is 0.0628. The molecular formula is C13H11Cl2N. The Bertz CT molecular complexity index is 439. The van der Waals surface area contributed by atoms with Gasteiger partial charge >= 0.3 is 0 Å². The minimum atomic E-state index is -0.0628. The van der Waals surface area contributed by atoms with Gasteiger partial charge in [-0.2, -0.15) is 0 Å². The van der Waals surface area contributed by atoms with Crippen LogP contribution in [-0.4, -0.2) is 4.98 Å². The van der Waals surface area contributed by atoms with E-state index in [9.17, 15) is 0 Å². The van der Waals surface area contributed by atoms with Gasteiger partial charge in [0.1, 0.15) is 0 Å². The third kappa shape index (κ3) is 2.97. The number of halogens is 2. The number of hydrogen-bond donors (Lipinski definition) is 0. The SMILES string of the molecule is Clc1ccc(C(Cl)Cc2ccccn2)cc1. The van der Waals surface area contributed by atoms with Crippen LogP contribution < -0.4 is 0 Å². The summed E-state index contributed by atoms with van der Waals surface area (Å²) >= 11 is 12.1. The first kappa shape index (κ1) is 11.4. The highest BCUT2D eigenvalue weighted by Crippen LogP contribution is 2.25. The molecule has 0 amide bonds. The summed E-state index contributed by atoms with van der Waals surface area (Å²) in [5.41, 5.74) is 2.06. The highest BCUT2D eigenvalue weighted by Gasteiger charge is 2.09. The number of hydrogen-bond acceptors (Lipinski definition) is 1. The fourth-order valence-electron chi connectivity index (χ4n) is 1.49. The molecule has 2 rings (SSSR count). The molecule has 82 valence electrons. The number of pyridine rings is 1. The van der Waals surface area contributed by atoms with Crippen LogP contribution >= 0.6 is 23.2 Å². The van der Waals surface area contributed by atoms with Gasteiger partial charge in [-0.25, -0.2) is 0 Å². The van der Waals surface area contributed by atoms with Crippen LogP contribution in [0.2, 0.25) is 5.02 Å². The Morgan fingerprint density at radius 1 is 1.06 bits per heavy atom. The van der Waals surface area contributed by atoms with Crippen LogP contribution in [0.5, 0.6) is 0 Å². The fourth-order valence-corrected chi connectivity index (χ4v) is 1.92. The monoisotopic (exact) mass is 251 g/mol. The van der Waals surface area contributed by atoms with Crippen molar-refractivity contribution >= 4 is 23.2 Å². The first-order valence-electron chi connectivity index (χ1n) is 5.05. The van der Waals surface area contributed by atoms with Crippen LogP contribution in [0.25, 0.3) is 0 Å². The number of alkyl halides is 1. The molecule has 1 heterocycles. The second-order valence-electron chi connectivity index (χ2n) is 3.54. The molecule has 16 heavy (non-hydrogen) atoms. The molecule has 0 fully saturated rings. The molecule has 0 saturated carbocycles. The lowest BCUT2D eigenvalue weighted by molar-refractivity contribution is 0.881. The van der Waals surface area contributed by atoms with Crippen LogP contribution in [-0.2, 0) is 6.42 Å². The fraction of sp³-hybridized carbons (Fsp3) is 0.154. The molecule has 1 nitrogen and oxygen atoms in total. The molecule has 0 aliphatic carbocycles. The van der Waals surface area contributed by atoms with Crippen LogP contribution in [0.1, 0.15) is 16.6 Å². The summed E-state index contributed by atoms with van der Waals surface area (Å²) in [6, 6.07) is 13.4. The van der Waals surface area contributed by atoms with Crippen molar-refractivity contribution in [3.63, 3.8) is 0 Å². The van der Waals surface area contributed by atoms with E-state index in [1.54, 1.807) is 6.20 Å². The first-order valence-corrected chi connectivity index (χ1v) is 5.86. The molecule has 1 atom stereocenters. The van der Waals surface area contributed by atoms with Gasteiger partial charge in [0.2, 0.25) is 0 Å². The average molecular weight is 252 g/mol. The molecule has 3 heteroatoms. The predicted molar refractivity (Wildman–Crippen MR) is 68.0 cm³/mol. The Morgan fingerprint density at radius 3 is 2.44 bits per heavy atom. The van der Waals surface area contributed by atoms with Gasteiger partial charge in [0.15, 0.2) is 0 Å². The summed E-state index contributed by atoms with van der Waals surface area (Å²) in [6.07, 6.45) is 2.50. The average Bonchev–Trinajstić information content (AvgIpc) is 2.31. The van der Waals surface area contributed by atoms with Gasteiger partial charge in [-0.15, -0.1) is 11.6 Å². The van der Waals surface area contributed by atoms with Crippen molar-refractivity contribution in [3.8, 4) is 0 Å². The molecule has 1 aromatic carbocycles. The maximum atomic E-state index is 6.31. The van der Waals surface area contributed by atoms with Gasteiger partial charge in [0, 0.05) is 23.3 Å². The Kier molecular flexibility index (Phi) is 3.81. The van der Waals surface area contributed by atoms with Crippen molar-refractivity contribution in [2.75, 3.05) is 0 Å². The summed E-state index contributed by atoms with van der Waals surface area (Å²) in [4.78, 5) is 4.25. The Morgan fingerprint density at radius 2 is 1.81 bits per heavy atom. The van der Waals surface area contributed by atoms with Gasteiger partial charge in [0.05, 0.1) is 5.38 Å². The second kappa shape index (κ2) is 5.33. The zero-order chi connectivity index (χ0) is 11.4. The molecule has 1 aromatic heterocycles. The molecule has 0 bridgehead atoms. The van der Waals surface area contributed by atoms with Gasteiger partial charge < -0.3 is 0 Å². The normalized spacial score (nSPS) is 12.4. The van der Waals surface area contributed by atoms with E-state index in [0.29, 0.717) is 0 Å². The van der Waals surface area contributed by atoms with Gasteiger partial charge in [-0.3, -0.25) is 4.98 Å². The maximum absolute atomic E-state index is 6.31. The first-order chi connectivity index (χ1) is 7.75. The lowest BCUT2D eigenvalue weighted by Crippen LogP contribution is -1.97. The van der Waals surface area contributed by atoms with E-state index in [1.165, 1.54) is 0 Å². The molecular weight excluding hydrogens is 241 g/mol. The Labute approximate surface area is 105 Å². The van der Waals surface area contributed by atoms with Crippen molar-refractivity contribution in [1.82, 2.24) is 4.98 Å². The smallest absolute Gasteiger partial charge is 0.0640 e. The van der Waals surface area contributed by atoms with E-state index in [4.69, 9.17) is 23.2 Å². The molecule has 2 aromatic rings. The number of nitrogens with zero attached hydrogens (tertiary/aromatic N) is 1. The largest absolute Gasteiger partial charge is 0.261 e. The van der Waals surface area contributed by atoms with E-state index in [0.717, 1.165) is 22.7 Å². The molecule has 0 radical (unpaired) electrons. The molecule has 0 spiro atoms. The molecule has 0 aliphatic heterocycles. The molecule has 0 saturated heterocycles. The molecule has 0 N–H and O–H groups in total. The van der Waals surface area contributed by atoms with Crippen LogP contribution in [0, 0.1) is 0 Å². The summed E-state index contributed by atoms with van der Waals surface area (Å²) in [5.74, 6) is 0. The van der Waals surface area contributed by atoms with Crippen LogP contribution in [0.15, 0.2) is 48.7 Å². The van der Waals surface area contributed by atoms with Crippen molar-refractivity contribution in [3.05, 3.63) is 64.9 Å². The van der Waals surface area contributed by atoms with Crippen LogP contribution in [0.3, 0.4) is 0 Å². The number of rotatable bonds is 3. The van der Waals surface area contributed by atoms with Crippen molar-refractivity contribution in [2.45, 2.75) is 11.8 Å². The number of aromatic nitrogens is 1. The van der Waals surface area contributed by atoms with E-state index < -0.39 is 0 Å².